The predicted molar refractivity (Wildman–Crippen MR) is 86.8 cm³/mol. The number of hydrogen-bond donors (Lipinski definition) is 0. The van der Waals surface area contributed by atoms with Gasteiger partial charge in [0.05, 0.1) is 23.8 Å². The van der Waals surface area contributed by atoms with Gasteiger partial charge in [-0.3, -0.25) is 0 Å². The Morgan fingerprint density at radius 3 is 2.88 bits per heavy atom. The first-order valence-electron chi connectivity index (χ1n) is 6.99. The van der Waals surface area contributed by atoms with Crippen LogP contribution >= 0.6 is 11.6 Å². The van der Waals surface area contributed by atoms with Crippen molar-refractivity contribution in [1.82, 2.24) is 10.1 Å². The maximum atomic E-state index is 8.82. The van der Waals surface area contributed by atoms with E-state index in [1.807, 2.05) is 30.3 Å². The minimum absolute atomic E-state index is 0.0720. The molecule has 120 valence electrons. The van der Waals surface area contributed by atoms with Crippen LogP contribution in [0.2, 0.25) is 5.02 Å². The average Bonchev–Trinajstić information content (AvgIpc) is 3.09. The highest BCUT2D eigenvalue weighted by Gasteiger charge is 2.11. The van der Waals surface area contributed by atoms with E-state index in [0.717, 1.165) is 5.56 Å². The molecule has 0 aliphatic rings. The summed E-state index contributed by atoms with van der Waals surface area (Å²) in [4.78, 5) is 4.28. The van der Waals surface area contributed by atoms with E-state index >= 15 is 0 Å². The monoisotopic (exact) mass is 341 g/mol. The SMILES string of the molecule is COc1cccc(-c2noc(COc3ccc(C#N)cc3Cl)n2)c1. The molecular weight excluding hydrogens is 330 g/mol. The van der Waals surface area contributed by atoms with Crippen molar-refractivity contribution in [1.29, 1.82) is 5.26 Å². The molecule has 24 heavy (non-hydrogen) atoms. The number of aromatic nitrogens is 2. The van der Waals surface area contributed by atoms with Crippen LogP contribution in [-0.2, 0) is 6.61 Å². The van der Waals surface area contributed by atoms with E-state index in [0.29, 0.717) is 33.8 Å². The molecule has 0 radical (unpaired) electrons. The third kappa shape index (κ3) is 3.47. The number of benzene rings is 2. The van der Waals surface area contributed by atoms with E-state index in [1.165, 1.54) is 6.07 Å². The van der Waals surface area contributed by atoms with Gasteiger partial charge in [-0.1, -0.05) is 28.9 Å². The average molecular weight is 342 g/mol. The lowest BCUT2D eigenvalue weighted by Crippen LogP contribution is -1.96. The van der Waals surface area contributed by atoms with Gasteiger partial charge in [-0.05, 0) is 30.3 Å². The fourth-order valence-corrected chi connectivity index (χ4v) is 2.25. The van der Waals surface area contributed by atoms with Crippen LogP contribution in [0.25, 0.3) is 11.4 Å². The second-order valence-electron chi connectivity index (χ2n) is 4.79. The van der Waals surface area contributed by atoms with E-state index in [2.05, 4.69) is 10.1 Å². The van der Waals surface area contributed by atoms with E-state index in [4.69, 9.17) is 30.9 Å². The molecule has 0 amide bonds. The fourth-order valence-electron chi connectivity index (χ4n) is 2.02. The lowest BCUT2D eigenvalue weighted by atomic mass is 10.2. The molecular formula is C17H12ClN3O3. The number of nitriles is 1. The molecule has 0 fully saturated rings. The zero-order valence-corrected chi connectivity index (χ0v) is 13.4. The second-order valence-corrected chi connectivity index (χ2v) is 5.20. The number of halogens is 1. The molecule has 7 heteroatoms. The molecule has 2 aromatic carbocycles. The molecule has 0 atom stereocenters. The Morgan fingerprint density at radius 1 is 1.25 bits per heavy atom. The van der Waals surface area contributed by atoms with Crippen LogP contribution in [0, 0.1) is 11.3 Å². The molecule has 0 saturated carbocycles. The fraction of sp³-hybridized carbons (Fsp3) is 0.118. The van der Waals surface area contributed by atoms with Crippen molar-refractivity contribution in [2.45, 2.75) is 6.61 Å². The summed E-state index contributed by atoms with van der Waals surface area (Å²) >= 11 is 6.05. The lowest BCUT2D eigenvalue weighted by molar-refractivity contribution is 0.243. The summed E-state index contributed by atoms with van der Waals surface area (Å²) in [6, 6.07) is 14.1. The van der Waals surface area contributed by atoms with Gasteiger partial charge in [0.15, 0.2) is 6.61 Å². The molecule has 0 unspecified atom stereocenters. The van der Waals surface area contributed by atoms with E-state index in [9.17, 15) is 0 Å². The van der Waals surface area contributed by atoms with Crippen molar-refractivity contribution in [3.63, 3.8) is 0 Å². The van der Waals surface area contributed by atoms with E-state index in [1.54, 1.807) is 19.2 Å². The Kier molecular flexibility index (Phi) is 4.64. The van der Waals surface area contributed by atoms with Gasteiger partial charge in [0.2, 0.25) is 5.82 Å². The van der Waals surface area contributed by atoms with Gasteiger partial charge >= 0.3 is 0 Å². The Morgan fingerprint density at radius 2 is 2.12 bits per heavy atom. The van der Waals surface area contributed by atoms with Crippen LogP contribution in [-0.4, -0.2) is 17.3 Å². The van der Waals surface area contributed by atoms with Crippen molar-refractivity contribution in [3.8, 4) is 29.0 Å². The van der Waals surface area contributed by atoms with Crippen LogP contribution in [0.15, 0.2) is 47.0 Å². The summed E-state index contributed by atoms with van der Waals surface area (Å²) in [6.07, 6.45) is 0. The first-order valence-corrected chi connectivity index (χ1v) is 7.37. The predicted octanol–water partition coefficient (Wildman–Crippen LogP) is 3.85. The zero-order valence-electron chi connectivity index (χ0n) is 12.7. The van der Waals surface area contributed by atoms with Crippen LogP contribution in [0.3, 0.4) is 0 Å². The Labute approximate surface area is 143 Å². The molecule has 0 aliphatic heterocycles. The number of methoxy groups -OCH3 is 1. The number of rotatable bonds is 5. The van der Waals surface area contributed by atoms with Crippen molar-refractivity contribution >= 4 is 11.6 Å². The Bertz CT molecular complexity index is 902. The van der Waals surface area contributed by atoms with Gasteiger partial charge in [-0.15, -0.1) is 0 Å². The number of hydrogen-bond acceptors (Lipinski definition) is 6. The van der Waals surface area contributed by atoms with E-state index < -0.39 is 0 Å². The van der Waals surface area contributed by atoms with Gasteiger partial charge in [0.25, 0.3) is 5.89 Å². The number of ether oxygens (including phenoxy) is 2. The minimum Gasteiger partial charge on any atom is -0.497 e. The largest absolute Gasteiger partial charge is 0.497 e. The van der Waals surface area contributed by atoms with Gasteiger partial charge < -0.3 is 14.0 Å². The van der Waals surface area contributed by atoms with Gasteiger partial charge in [0, 0.05) is 5.56 Å². The molecule has 1 heterocycles. The molecule has 3 aromatic rings. The molecule has 6 nitrogen and oxygen atoms in total. The first kappa shape index (κ1) is 15.8. The molecule has 0 saturated heterocycles. The Hall–Kier alpha value is -3.04. The van der Waals surface area contributed by atoms with Crippen LogP contribution in [0.1, 0.15) is 11.5 Å². The third-order valence-electron chi connectivity index (χ3n) is 3.21. The molecule has 0 bridgehead atoms. The second kappa shape index (κ2) is 7.02. The lowest BCUT2D eigenvalue weighted by Gasteiger charge is -2.05. The minimum atomic E-state index is 0.0720. The van der Waals surface area contributed by atoms with Crippen LogP contribution in [0.5, 0.6) is 11.5 Å². The van der Waals surface area contributed by atoms with Crippen molar-refractivity contribution < 1.29 is 14.0 Å². The van der Waals surface area contributed by atoms with Crippen LogP contribution in [0.4, 0.5) is 0 Å². The highest BCUT2D eigenvalue weighted by Crippen LogP contribution is 2.26. The summed E-state index contributed by atoms with van der Waals surface area (Å²) in [6.45, 7) is 0.0720. The van der Waals surface area contributed by atoms with Crippen molar-refractivity contribution in [3.05, 3.63) is 58.9 Å². The molecule has 0 N–H and O–H groups in total. The molecule has 3 rings (SSSR count). The molecule has 0 aliphatic carbocycles. The van der Waals surface area contributed by atoms with Gasteiger partial charge in [0.1, 0.15) is 11.5 Å². The number of nitrogens with zero attached hydrogens (tertiary/aromatic N) is 3. The topological polar surface area (TPSA) is 81.2 Å². The normalized spacial score (nSPS) is 10.2. The summed E-state index contributed by atoms with van der Waals surface area (Å²) in [5, 5.41) is 13.1. The maximum absolute atomic E-state index is 8.82. The summed E-state index contributed by atoms with van der Waals surface area (Å²) in [5.74, 6) is 1.91. The standard InChI is InChI=1S/C17H12ClN3O3/c1-22-13-4-2-3-12(8-13)17-20-16(24-21-17)10-23-15-6-5-11(9-19)7-14(15)18/h2-8H,10H2,1H3. The molecule has 0 spiro atoms. The van der Waals surface area contributed by atoms with Gasteiger partial charge in [-0.25, -0.2) is 0 Å². The quantitative estimate of drug-likeness (QED) is 0.701. The smallest absolute Gasteiger partial charge is 0.264 e. The highest BCUT2D eigenvalue weighted by atomic mass is 35.5. The Balaban J connectivity index is 1.71. The first-order chi connectivity index (χ1) is 11.7. The molecule has 1 aromatic heterocycles. The van der Waals surface area contributed by atoms with E-state index in [-0.39, 0.29) is 6.61 Å². The highest BCUT2D eigenvalue weighted by molar-refractivity contribution is 6.32. The van der Waals surface area contributed by atoms with Crippen LogP contribution < -0.4 is 9.47 Å². The third-order valence-corrected chi connectivity index (χ3v) is 3.50. The van der Waals surface area contributed by atoms with Crippen molar-refractivity contribution in [2.75, 3.05) is 7.11 Å². The maximum Gasteiger partial charge on any atom is 0.264 e. The summed E-state index contributed by atoms with van der Waals surface area (Å²) < 4.78 is 15.9. The zero-order chi connectivity index (χ0) is 16.9. The van der Waals surface area contributed by atoms with Gasteiger partial charge in [-0.2, -0.15) is 10.2 Å². The van der Waals surface area contributed by atoms with Crippen molar-refractivity contribution in [2.24, 2.45) is 0 Å². The summed E-state index contributed by atoms with van der Waals surface area (Å²) in [7, 11) is 1.59. The summed E-state index contributed by atoms with van der Waals surface area (Å²) in [5.41, 5.74) is 1.24.